The van der Waals surface area contributed by atoms with Crippen molar-refractivity contribution < 1.29 is 0 Å². The first-order valence-electron chi connectivity index (χ1n) is 5.10. The van der Waals surface area contributed by atoms with Crippen molar-refractivity contribution in [3.8, 4) is 0 Å². The molecule has 0 aliphatic heterocycles. The number of allylic oxidation sites excluding steroid dienone is 3. The van der Waals surface area contributed by atoms with Gasteiger partial charge in [0.15, 0.2) is 0 Å². The van der Waals surface area contributed by atoms with Gasteiger partial charge in [0, 0.05) is 0 Å². The third kappa shape index (κ3) is 3.75. The fraction of sp³-hybridized carbons (Fsp3) is 0.667. The monoisotopic (exact) mass is 166 g/mol. The number of rotatable bonds is 6. The van der Waals surface area contributed by atoms with E-state index in [-0.39, 0.29) is 0 Å². The first-order chi connectivity index (χ1) is 5.79. The van der Waals surface area contributed by atoms with Crippen molar-refractivity contribution in [2.75, 3.05) is 0 Å². The van der Waals surface area contributed by atoms with E-state index in [1.54, 1.807) is 11.1 Å². The molecule has 0 heterocycles. The zero-order valence-corrected chi connectivity index (χ0v) is 8.82. The van der Waals surface area contributed by atoms with Crippen molar-refractivity contribution in [1.29, 1.82) is 0 Å². The third-order valence-corrected chi connectivity index (χ3v) is 2.30. The van der Waals surface area contributed by atoms with Gasteiger partial charge in [0.2, 0.25) is 0 Å². The first-order valence-corrected chi connectivity index (χ1v) is 5.10. The largest absolute Gasteiger partial charge is 0.103 e. The summed E-state index contributed by atoms with van der Waals surface area (Å²) >= 11 is 0. The van der Waals surface area contributed by atoms with Gasteiger partial charge in [-0.2, -0.15) is 0 Å². The van der Waals surface area contributed by atoms with Crippen LogP contribution in [0.5, 0.6) is 0 Å². The van der Waals surface area contributed by atoms with Crippen LogP contribution < -0.4 is 0 Å². The van der Waals surface area contributed by atoms with Gasteiger partial charge in [-0.3, -0.25) is 0 Å². The van der Waals surface area contributed by atoms with Crippen molar-refractivity contribution in [1.82, 2.24) is 0 Å². The van der Waals surface area contributed by atoms with Gasteiger partial charge >= 0.3 is 0 Å². The maximum atomic E-state index is 3.79. The number of hydrogen-bond donors (Lipinski definition) is 0. The molecule has 0 saturated carbocycles. The van der Waals surface area contributed by atoms with Crippen LogP contribution in [0, 0.1) is 0 Å². The van der Waals surface area contributed by atoms with E-state index in [0.717, 1.165) is 6.42 Å². The molecule has 0 aliphatic rings. The molecule has 0 atom stereocenters. The second-order valence-corrected chi connectivity index (χ2v) is 3.16. The minimum absolute atomic E-state index is 1.08. The zero-order valence-electron chi connectivity index (χ0n) is 8.82. The summed E-state index contributed by atoms with van der Waals surface area (Å²) in [7, 11) is 0. The predicted octanol–water partition coefficient (Wildman–Crippen LogP) is 4.48. The molecule has 0 saturated heterocycles. The van der Waals surface area contributed by atoms with Crippen molar-refractivity contribution >= 4 is 0 Å². The summed E-state index contributed by atoms with van der Waals surface area (Å²) in [6, 6.07) is 0. The molecular formula is C12H22. The van der Waals surface area contributed by atoms with E-state index in [9.17, 15) is 0 Å². The highest BCUT2D eigenvalue weighted by molar-refractivity contribution is 5.16. The molecule has 0 spiro atoms. The fourth-order valence-electron chi connectivity index (χ4n) is 1.62. The molecule has 0 bridgehead atoms. The highest BCUT2D eigenvalue weighted by Crippen LogP contribution is 2.20. The van der Waals surface area contributed by atoms with Crippen LogP contribution >= 0.6 is 0 Å². The molecule has 0 fully saturated rings. The minimum atomic E-state index is 1.08. The summed E-state index contributed by atoms with van der Waals surface area (Å²) < 4.78 is 0. The average Bonchev–Trinajstić information content (AvgIpc) is 2.11. The van der Waals surface area contributed by atoms with E-state index in [1.807, 2.05) is 6.08 Å². The molecule has 70 valence electrons. The van der Waals surface area contributed by atoms with Gasteiger partial charge in [-0.1, -0.05) is 44.4 Å². The Kier molecular flexibility index (Phi) is 6.84. The van der Waals surface area contributed by atoms with Crippen LogP contribution in [0.2, 0.25) is 0 Å². The lowest BCUT2D eigenvalue weighted by atomic mass is 9.97. The topological polar surface area (TPSA) is 0 Å². The SMILES string of the molecule is C=CCC(CC)=C(CC)CCC. The van der Waals surface area contributed by atoms with Gasteiger partial charge in [0.25, 0.3) is 0 Å². The van der Waals surface area contributed by atoms with Gasteiger partial charge in [0.1, 0.15) is 0 Å². The molecule has 0 aromatic heterocycles. The predicted molar refractivity (Wildman–Crippen MR) is 57.3 cm³/mol. The standard InChI is InChI=1S/C12H22/c1-5-9-11(7-3)12(8-4)10-6-2/h5H,1,6-10H2,2-4H3. The van der Waals surface area contributed by atoms with Crippen molar-refractivity contribution in [2.24, 2.45) is 0 Å². The molecule has 12 heavy (non-hydrogen) atoms. The third-order valence-electron chi connectivity index (χ3n) is 2.30. The molecule has 0 aliphatic carbocycles. The first kappa shape index (κ1) is 11.5. The Hall–Kier alpha value is -0.520. The summed E-state index contributed by atoms with van der Waals surface area (Å²) in [4.78, 5) is 0. The Labute approximate surface area is 77.4 Å². The maximum absolute atomic E-state index is 3.79. The molecule has 0 nitrogen and oxygen atoms in total. The second kappa shape index (κ2) is 7.15. The lowest BCUT2D eigenvalue weighted by Gasteiger charge is -2.10. The molecule has 0 aromatic carbocycles. The maximum Gasteiger partial charge on any atom is -0.0139 e. The average molecular weight is 166 g/mol. The van der Waals surface area contributed by atoms with Crippen LogP contribution in [-0.2, 0) is 0 Å². The Balaban J connectivity index is 4.36. The molecule has 0 aromatic rings. The lowest BCUT2D eigenvalue weighted by Crippen LogP contribution is -1.89. The van der Waals surface area contributed by atoms with Crippen molar-refractivity contribution in [3.05, 3.63) is 23.8 Å². The van der Waals surface area contributed by atoms with E-state index in [1.165, 1.54) is 25.7 Å². The Morgan fingerprint density at radius 1 is 1.08 bits per heavy atom. The van der Waals surface area contributed by atoms with Crippen LogP contribution in [-0.4, -0.2) is 0 Å². The van der Waals surface area contributed by atoms with Crippen LogP contribution in [0.25, 0.3) is 0 Å². The zero-order chi connectivity index (χ0) is 9.40. The van der Waals surface area contributed by atoms with Crippen LogP contribution in [0.15, 0.2) is 23.8 Å². The normalized spacial score (nSPS) is 12.6. The minimum Gasteiger partial charge on any atom is -0.103 e. The molecule has 0 heteroatoms. The summed E-state index contributed by atoms with van der Waals surface area (Å²) in [5, 5.41) is 0. The molecule has 0 rings (SSSR count). The molecule has 0 unspecified atom stereocenters. The van der Waals surface area contributed by atoms with Gasteiger partial charge in [-0.15, -0.1) is 6.58 Å². The summed E-state index contributed by atoms with van der Waals surface area (Å²) in [5.41, 5.74) is 3.26. The van der Waals surface area contributed by atoms with E-state index in [2.05, 4.69) is 27.4 Å². The van der Waals surface area contributed by atoms with Gasteiger partial charge in [-0.05, 0) is 25.7 Å². The molecular weight excluding hydrogens is 144 g/mol. The van der Waals surface area contributed by atoms with Crippen molar-refractivity contribution in [2.45, 2.75) is 52.9 Å². The fourth-order valence-corrected chi connectivity index (χ4v) is 1.62. The van der Waals surface area contributed by atoms with Gasteiger partial charge in [0.05, 0.1) is 0 Å². The van der Waals surface area contributed by atoms with Crippen LogP contribution in [0.1, 0.15) is 52.9 Å². The number of hydrogen-bond acceptors (Lipinski definition) is 0. The van der Waals surface area contributed by atoms with Crippen LogP contribution in [0.3, 0.4) is 0 Å². The second-order valence-electron chi connectivity index (χ2n) is 3.16. The van der Waals surface area contributed by atoms with E-state index >= 15 is 0 Å². The van der Waals surface area contributed by atoms with E-state index < -0.39 is 0 Å². The Morgan fingerprint density at radius 2 is 1.67 bits per heavy atom. The van der Waals surface area contributed by atoms with E-state index in [4.69, 9.17) is 0 Å². The van der Waals surface area contributed by atoms with Crippen molar-refractivity contribution in [3.63, 3.8) is 0 Å². The molecule has 0 radical (unpaired) electrons. The highest BCUT2D eigenvalue weighted by atomic mass is 14.1. The Morgan fingerprint density at radius 3 is 2.00 bits per heavy atom. The quantitative estimate of drug-likeness (QED) is 0.510. The molecule has 0 amide bonds. The van der Waals surface area contributed by atoms with E-state index in [0.29, 0.717) is 0 Å². The van der Waals surface area contributed by atoms with Crippen LogP contribution in [0.4, 0.5) is 0 Å². The lowest BCUT2D eigenvalue weighted by molar-refractivity contribution is 0.816. The Bertz CT molecular complexity index is 151. The summed E-state index contributed by atoms with van der Waals surface area (Å²) in [6.07, 6.45) is 8.04. The smallest absolute Gasteiger partial charge is 0.0139 e. The van der Waals surface area contributed by atoms with Gasteiger partial charge in [-0.25, -0.2) is 0 Å². The molecule has 0 N–H and O–H groups in total. The van der Waals surface area contributed by atoms with Gasteiger partial charge < -0.3 is 0 Å². The summed E-state index contributed by atoms with van der Waals surface area (Å²) in [5.74, 6) is 0. The highest BCUT2D eigenvalue weighted by Gasteiger charge is 2.00. The summed E-state index contributed by atoms with van der Waals surface area (Å²) in [6.45, 7) is 10.5.